The SMILES string of the molecule is COc1ccc(C(CC(=O)O)N2CC(F)(CCCCc3ccc4c(n3)NCCC4)C2)cc1F. The van der Waals surface area contributed by atoms with Crippen molar-refractivity contribution in [3.8, 4) is 5.75 Å². The van der Waals surface area contributed by atoms with Gasteiger partial charge in [0, 0.05) is 31.4 Å². The van der Waals surface area contributed by atoms with Crippen molar-refractivity contribution in [2.24, 2.45) is 0 Å². The highest BCUT2D eigenvalue weighted by molar-refractivity contribution is 5.68. The number of methoxy groups -OCH3 is 1. The summed E-state index contributed by atoms with van der Waals surface area (Å²) in [5.74, 6) is -0.474. The Balaban J connectivity index is 1.28. The molecule has 0 aliphatic carbocycles. The van der Waals surface area contributed by atoms with E-state index in [4.69, 9.17) is 4.74 Å². The third-order valence-electron chi connectivity index (χ3n) is 6.60. The quantitative estimate of drug-likeness (QED) is 0.508. The number of halogens is 2. The van der Waals surface area contributed by atoms with E-state index in [1.807, 2.05) is 0 Å². The first kappa shape index (κ1) is 23.4. The fourth-order valence-electron chi connectivity index (χ4n) is 4.83. The van der Waals surface area contributed by atoms with Gasteiger partial charge in [0.05, 0.1) is 13.5 Å². The molecule has 0 radical (unpaired) electrons. The van der Waals surface area contributed by atoms with Gasteiger partial charge < -0.3 is 15.2 Å². The number of aryl methyl sites for hydroxylation is 2. The summed E-state index contributed by atoms with van der Waals surface area (Å²) in [5, 5.41) is 12.7. The number of unbranched alkanes of at least 4 members (excludes halogenated alkanes) is 1. The van der Waals surface area contributed by atoms with Gasteiger partial charge in [0.15, 0.2) is 11.6 Å². The van der Waals surface area contributed by atoms with Crippen LogP contribution in [0.2, 0.25) is 0 Å². The third kappa shape index (κ3) is 5.61. The van der Waals surface area contributed by atoms with E-state index < -0.39 is 23.5 Å². The van der Waals surface area contributed by atoms with Crippen molar-refractivity contribution in [3.05, 3.63) is 53.0 Å². The maximum absolute atomic E-state index is 15.2. The Morgan fingerprint density at radius 3 is 2.85 bits per heavy atom. The summed E-state index contributed by atoms with van der Waals surface area (Å²) in [7, 11) is 1.37. The number of carboxylic acids is 1. The number of aliphatic carboxylic acids is 1. The standard InChI is InChI=1S/C25H31F2N3O3/c1-33-22-10-8-18(13-20(22)26)21(14-23(31)32)30-15-25(27,16-30)11-3-2-6-19-9-7-17-5-4-12-28-24(17)29-19/h7-10,13,21H,2-6,11-12,14-16H2,1H3,(H,28,29)(H,31,32). The number of benzene rings is 1. The van der Waals surface area contributed by atoms with E-state index in [0.717, 1.165) is 50.2 Å². The van der Waals surface area contributed by atoms with Crippen LogP contribution in [0, 0.1) is 5.82 Å². The number of hydrogen-bond donors (Lipinski definition) is 2. The van der Waals surface area contributed by atoms with Gasteiger partial charge in [-0.1, -0.05) is 12.1 Å². The molecule has 33 heavy (non-hydrogen) atoms. The Kier molecular flexibility index (Phi) is 7.12. The predicted molar refractivity (Wildman–Crippen MR) is 122 cm³/mol. The molecule has 0 amide bonds. The Hall–Kier alpha value is -2.74. The largest absolute Gasteiger partial charge is 0.494 e. The van der Waals surface area contributed by atoms with Gasteiger partial charge in [0.2, 0.25) is 0 Å². The number of rotatable bonds is 10. The third-order valence-corrected chi connectivity index (χ3v) is 6.60. The summed E-state index contributed by atoms with van der Waals surface area (Å²) < 4.78 is 34.3. The zero-order chi connectivity index (χ0) is 23.4. The second kappa shape index (κ2) is 10.0. The highest BCUT2D eigenvalue weighted by Gasteiger charge is 2.46. The topological polar surface area (TPSA) is 74.7 Å². The van der Waals surface area contributed by atoms with E-state index in [2.05, 4.69) is 22.4 Å². The van der Waals surface area contributed by atoms with Crippen LogP contribution < -0.4 is 10.1 Å². The first-order valence-corrected chi connectivity index (χ1v) is 11.6. The number of nitrogens with zero attached hydrogens (tertiary/aromatic N) is 2. The second-order valence-corrected chi connectivity index (χ2v) is 9.11. The lowest BCUT2D eigenvalue weighted by Crippen LogP contribution is -2.60. The normalized spacial score (nSPS) is 18.0. The summed E-state index contributed by atoms with van der Waals surface area (Å²) in [6.07, 6.45) is 4.79. The van der Waals surface area contributed by atoms with Gasteiger partial charge in [0.25, 0.3) is 0 Å². The first-order chi connectivity index (χ1) is 15.9. The van der Waals surface area contributed by atoms with Crippen molar-refractivity contribution in [1.29, 1.82) is 0 Å². The molecule has 4 rings (SSSR count). The van der Waals surface area contributed by atoms with Gasteiger partial charge in [0.1, 0.15) is 11.5 Å². The van der Waals surface area contributed by atoms with E-state index in [9.17, 15) is 14.3 Å². The smallest absolute Gasteiger partial charge is 0.305 e. The second-order valence-electron chi connectivity index (χ2n) is 9.11. The van der Waals surface area contributed by atoms with Crippen LogP contribution in [0.1, 0.15) is 55.0 Å². The van der Waals surface area contributed by atoms with E-state index in [1.165, 1.54) is 24.8 Å². The van der Waals surface area contributed by atoms with Gasteiger partial charge in [-0.2, -0.15) is 0 Å². The average Bonchev–Trinajstić information content (AvgIpc) is 2.78. The van der Waals surface area contributed by atoms with Crippen molar-refractivity contribution >= 4 is 11.8 Å². The molecule has 2 N–H and O–H groups in total. The molecule has 2 aliphatic heterocycles. The van der Waals surface area contributed by atoms with Gasteiger partial charge in [-0.25, -0.2) is 13.8 Å². The van der Waals surface area contributed by atoms with Gasteiger partial charge in [-0.3, -0.25) is 9.69 Å². The monoisotopic (exact) mass is 459 g/mol. The summed E-state index contributed by atoms with van der Waals surface area (Å²) in [5.41, 5.74) is 1.46. The van der Waals surface area contributed by atoms with Crippen LogP contribution in [0.15, 0.2) is 30.3 Å². The molecule has 0 spiro atoms. The molecule has 6 nitrogen and oxygen atoms in total. The highest BCUT2D eigenvalue weighted by atomic mass is 19.1. The minimum absolute atomic E-state index is 0.0977. The molecule has 1 unspecified atom stereocenters. The number of ether oxygens (including phenoxy) is 1. The Morgan fingerprint density at radius 1 is 1.30 bits per heavy atom. The van der Waals surface area contributed by atoms with E-state index in [1.54, 1.807) is 11.0 Å². The zero-order valence-corrected chi connectivity index (χ0v) is 18.9. The number of hydrogen-bond acceptors (Lipinski definition) is 5. The highest BCUT2D eigenvalue weighted by Crippen LogP contribution is 2.39. The Bertz CT molecular complexity index is 995. The number of likely N-dealkylation sites (tertiary alicyclic amines) is 1. The number of fused-ring (bicyclic) bond motifs is 1. The Labute approximate surface area is 193 Å². The lowest BCUT2D eigenvalue weighted by molar-refractivity contribution is -0.141. The number of carboxylic acid groups (broad SMARTS) is 1. The van der Waals surface area contributed by atoms with E-state index in [0.29, 0.717) is 12.0 Å². The van der Waals surface area contributed by atoms with Crippen LogP contribution in [0.5, 0.6) is 5.75 Å². The molecule has 2 aliphatic rings. The van der Waals surface area contributed by atoms with Gasteiger partial charge in [-0.15, -0.1) is 0 Å². The molecule has 1 atom stereocenters. The van der Waals surface area contributed by atoms with Crippen LogP contribution in [0.4, 0.5) is 14.6 Å². The summed E-state index contributed by atoms with van der Waals surface area (Å²) in [6, 6.07) is 8.03. The fourth-order valence-corrected chi connectivity index (χ4v) is 4.83. The van der Waals surface area contributed by atoms with Crippen LogP contribution in [0.25, 0.3) is 0 Å². The van der Waals surface area contributed by atoms with Crippen LogP contribution in [-0.2, 0) is 17.6 Å². The van der Waals surface area contributed by atoms with E-state index >= 15 is 4.39 Å². The van der Waals surface area contributed by atoms with Crippen LogP contribution >= 0.6 is 0 Å². The molecule has 1 aromatic heterocycles. The van der Waals surface area contributed by atoms with Gasteiger partial charge in [-0.05, 0) is 67.9 Å². The molecule has 178 valence electrons. The molecule has 8 heteroatoms. The number of anilines is 1. The number of alkyl halides is 1. The van der Waals surface area contributed by atoms with Crippen LogP contribution in [-0.4, -0.2) is 53.4 Å². The number of aromatic nitrogens is 1. The minimum Gasteiger partial charge on any atom is -0.494 e. The predicted octanol–water partition coefficient (Wildman–Crippen LogP) is 4.54. The number of pyridine rings is 1. The van der Waals surface area contributed by atoms with Crippen molar-refractivity contribution in [2.45, 2.75) is 56.7 Å². The molecular formula is C25H31F2N3O3. The van der Waals surface area contributed by atoms with Crippen LogP contribution in [0.3, 0.4) is 0 Å². The lowest BCUT2D eigenvalue weighted by Gasteiger charge is -2.48. The van der Waals surface area contributed by atoms with Crippen molar-refractivity contribution in [1.82, 2.24) is 9.88 Å². The molecule has 3 heterocycles. The van der Waals surface area contributed by atoms with Crippen molar-refractivity contribution < 1.29 is 23.4 Å². The lowest BCUT2D eigenvalue weighted by atomic mass is 9.86. The molecular weight excluding hydrogens is 428 g/mol. The summed E-state index contributed by atoms with van der Waals surface area (Å²) >= 11 is 0. The number of carbonyl (C=O) groups is 1. The molecule has 0 bridgehead atoms. The maximum atomic E-state index is 15.2. The molecule has 2 aromatic rings. The molecule has 1 fully saturated rings. The van der Waals surface area contributed by atoms with Gasteiger partial charge >= 0.3 is 5.97 Å². The molecule has 0 saturated carbocycles. The maximum Gasteiger partial charge on any atom is 0.305 e. The van der Waals surface area contributed by atoms with E-state index in [-0.39, 0.29) is 25.3 Å². The minimum atomic E-state index is -1.34. The van der Waals surface area contributed by atoms with Crippen molar-refractivity contribution in [3.63, 3.8) is 0 Å². The fraction of sp³-hybridized carbons (Fsp3) is 0.520. The van der Waals surface area contributed by atoms with Crippen molar-refractivity contribution in [2.75, 3.05) is 32.1 Å². The Morgan fingerprint density at radius 2 is 2.12 bits per heavy atom. The first-order valence-electron chi connectivity index (χ1n) is 11.6. The number of nitrogens with one attached hydrogen (secondary N) is 1. The average molecular weight is 460 g/mol. The molecule has 1 saturated heterocycles. The zero-order valence-electron chi connectivity index (χ0n) is 18.9. The summed E-state index contributed by atoms with van der Waals surface area (Å²) in [6.45, 7) is 1.26. The molecule has 1 aromatic carbocycles. The summed E-state index contributed by atoms with van der Waals surface area (Å²) in [4.78, 5) is 17.9.